The number of aromatic nitrogens is 3. The smallest absolute Gasteiger partial charge is 0.282 e. The fourth-order valence-corrected chi connectivity index (χ4v) is 3.90. The van der Waals surface area contributed by atoms with Crippen molar-refractivity contribution in [2.24, 2.45) is 0 Å². The molecule has 0 unspecified atom stereocenters. The van der Waals surface area contributed by atoms with E-state index < -0.39 is 10.8 Å². The van der Waals surface area contributed by atoms with E-state index >= 15 is 0 Å². The summed E-state index contributed by atoms with van der Waals surface area (Å²) >= 11 is 1.42. The lowest BCUT2D eigenvalue weighted by Crippen LogP contribution is -2.16. The fourth-order valence-electron chi connectivity index (χ4n) is 3.01. The predicted octanol–water partition coefficient (Wildman–Crippen LogP) is 4.77. The summed E-state index contributed by atoms with van der Waals surface area (Å²) in [5, 5.41) is 16.5. The number of rotatable bonds is 5. The van der Waals surface area contributed by atoms with Gasteiger partial charge in [0.2, 0.25) is 0 Å². The minimum Gasteiger partial charge on any atom is -0.306 e. The van der Waals surface area contributed by atoms with Crippen LogP contribution < -0.4 is 5.32 Å². The Morgan fingerprint density at radius 1 is 1.13 bits per heavy atom. The Labute approximate surface area is 176 Å². The van der Waals surface area contributed by atoms with Crippen LogP contribution in [0.4, 0.5) is 11.5 Å². The molecule has 30 heavy (non-hydrogen) atoms. The number of hydrogen-bond acceptors (Lipinski definition) is 6. The molecule has 150 valence electrons. The zero-order valence-corrected chi connectivity index (χ0v) is 17.0. The zero-order valence-electron chi connectivity index (χ0n) is 16.2. The van der Waals surface area contributed by atoms with E-state index in [9.17, 15) is 14.9 Å². The Morgan fingerprint density at radius 2 is 1.87 bits per heavy atom. The molecule has 2 aromatic heterocycles. The molecule has 2 heterocycles. The number of imidazole rings is 1. The first-order valence-electron chi connectivity index (χ1n) is 9.06. The number of benzene rings is 2. The van der Waals surface area contributed by atoms with Gasteiger partial charge in [-0.2, -0.15) is 0 Å². The molecular formula is C21H17N5O3S. The molecule has 0 radical (unpaired) electrons. The maximum atomic E-state index is 12.7. The molecule has 4 aromatic rings. The average Bonchev–Trinajstić information content (AvgIpc) is 3.35. The molecule has 0 atom stereocenters. The van der Waals surface area contributed by atoms with E-state index in [2.05, 4.69) is 15.3 Å². The maximum Gasteiger partial charge on any atom is 0.282 e. The van der Waals surface area contributed by atoms with Gasteiger partial charge in [0.25, 0.3) is 11.6 Å². The maximum absolute atomic E-state index is 12.7. The van der Waals surface area contributed by atoms with Gasteiger partial charge in [-0.3, -0.25) is 19.5 Å². The Morgan fingerprint density at radius 3 is 2.60 bits per heavy atom. The van der Waals surface area contributed by atoms with E-state index in [0.717, 1.165) is 11.3 Å². The molecule has 0 spiro atoms. The highest BCUT2D eigenvalue weighted by Crippen LogP contribution is 2.28. The van der Waals surface area contributed by atoms with Gasteiger partial charge in [-0.15, -0.1) is 11.3 Å². The van der Waals surface area contributed by atoms with Crippen LogP contribution in [0.2, 0.25) is 0 Å². The molecule has 2 aromatic carbocycles. The van der Waals surface area contributed by atoms with E-state index in [-0.39, 0.29) is 11.3 Å². The quantitative estimate of drug-likeness (QED) is 0.371. The second-order valence-corrected chi connectivity index (χ2v) is 7.47. The van der Waals surface area contributed by atoms with E-state index in [4.69, 9.17) is 0 Å². The van der Waals surface area contributed by atoms with E-state index in [1.165, 1.54) is 41.3 Å². The molecular weight excluding hydrogens is 402 g/mol. The molecule has 0 saturated heterocycles. The number of nitro benzene ring substituents is 1. The van der Waals surface area contributed by atoms with Crippen LogP contribution in [0.25, 0.3) is 16.4 Å². The predicted molar refractivity (Wildman–Crippen MR) is 115 cm³/mol. The van der Waals surface area contributed by atoms with Crippen molar-refractivity contribution in [3.05, 3.63) is 87.2 Å². The van der Waals surface area contributed by atoms with Gasteiger partial charge in [-0.25, -0.2) is 9.97 Å². The first kappa shape index (κ1) is 19.5. The van der Waals surface area contributed by atoms with Gasteiger partial charge in [0, 0.05) is 17.0 Å². The molecule has 4 rings (SSSR count). The number of para-hydroxylation sites is 1. The van der Waals surface area contributed by atoms with Gasteiger partial charge in [0.05, 0.1) is 16.8 Å². The van der Waals surface area contributed by atoms with Crippen molar-refractivity contribution in [2.75, 3.05) is 5.32 Å². The number of amides is 1. The molecule has 1 amide bonds. The van der Waals surface area contributed by atoms with Crippen molar-refractivity contribution in [1.82, 2.24) is 14.5 Å². The number of nitro groups is 1. The van der Waals surface area contributed by atoms with Crippen LogP contribution in [-0.2, 0) is 0 Å². The second kappa shape index (κ2) is 7.88. The number of carbonyl (C=O) groups is 1. The summed E-state index contributed by atoms with van der Waals surface area (Å²) in [7, 11) is 0. The minimum atomic E-state index is -0.584. The molecule has 9 heteroatoms. The first-order valence-corrected chi connectivity index (χ1v) is 9.94. The minimum absolute atomic E-state index is 0.0209. The molecule has 0 aliphatic carbocycles. The Kier molecular flexibility index (Phi) is 5.11. The van der Waals surface area contributed by atoms with Crippen molar-refractivity contribution in [1.29, 1.82) is 0 Å². The van der Waals surface area contributed by atoms with Crippen LogP contribution >= 0.6 is 11.3 Å². The SMILES string of the molecule is Cc1ccc(-c2csc(-n3c(NC(=O)c4ccccc4[N+](=O)[O-])cnc3C)n2)cc1. The number of aryl methyl sites for hydroxylation is 2. The average molecular weight is 419 g/mol. The van der Waals surface area contributed by atoms with Gasteiger partial charge in [0.15, 0.2) is 5.13 Å². The van der Waals surface area contributed by atoms with Crippen molar-refractivity contribution in [3.8, 4) is 16.4 Å². The number of thiazole rings is 1. The monoisotopic (exact) mass is 419 g/mol. The lowest BCUT2D eigenvalue weighted by atomic mass is 10.1. The summed E-state index contributed by atoms with van der Waals surface area (Å²) in [6, 6.07) is 13.9. The fraction of sp³-hybridized carbons (Fsp3) is 0.0952. The Balaban J connectivity index is 1.66. The van der Waals surface area contributed by atoms with E-state index in [1.54, 1.807) is 17.6 Å². The van der Waals surface area contributed by atoms with Crippen LogP contribution in [0.5, 0.6) is 0 Å². The van der Waals surface area contributed by atoms with Crippen molar-refractivity contribution >= 4 is 28.7 Å². The second-order valence-electron chi connectivity index (χ2n) is 6.64. The molecule has 8 nitrogen and oxygen atoms in total. The molecule has 0 saturated carbocycles. The normalized spacial score (nSPS) is 10.7. The Hall–Kier alpha value is -3.85. The molecule has 0 aliphatic heterocycles. The number of nitrogens with one attached hydrogen (secondary N) is 1. The van der Waals surface area contributed by atoms with E-state index in [1.807, 2.05) is 36.6 Å². The summed E-state index contributed by atoms with van der Waals surface area (Å²) < 4.78 is 1.72. The molecule has 0 aliphatic rings. The summed E-state index contributed by atoms with van der Waals surface area (Å²) in [5.41, 5.74) is 2.70. The summed E-state index contributed by atoms with van der Waals surface area (Å²) in [6.45, 7) is 3.82. The van der Waals surface area contributed by atoms with Crippen molar-refractivity contribution in [2.45, 2.75) is 13.8 Å². The van der Waals surface area contributed by atoms with Gasteiger partial charge in [0.1, 0.15) is 17.2 Å². The van der Waals surface area contributed by atoms with Gasteiger partial charge in [-0.05, 0) is 19.9 Å². The highest BCUT2D eigenvalue weighted by Gasteiger charge is 2.21. The lowest BCUT2D eigenvalue weighted by molar-refractivity contribution is -0.385. The van der Waals surface area contributed by atoms with Crippen molar-refractivity contribution in [3.63, 3.8) is 0 Å². The topological polar surface area (TPSA) is 103 Å². The first-order chi connectivity index (χ1) is 14.4. The summed E-state index contributed by atoms with van der Waals surface area (Å²) in [5.74, 6) is 0.442. The molecule has 0 bridgehead atoms. The number of hydrogen-bond donors (Lipinski definition) is 1. The highest BCUT2D eigenvalue weighted by atomic mass is 32.1. The highest BCUT2D eigenvalue weighted by molar-refractivity contribution is 7.12. The van der Waals surface area contributed by atoms with Gasteiger partial charge >= 0.3 is 0 Å². The number of carbonyl (C=O) groups excluding carboxylic acids is 1. The Bertz CT molecular complexity index is 1240. The van der Waals surface area contributed by atoms with Gasteiger partial charge in [-0.1, -0.05) is 42.0 Å². The van der Waals surface area contributed by atoms with Crippen molar-refractivity contribution < 1.29 is 9.72 Å². The third kappa shape index (κ3) is 3.70. The van der Waals surface area contributed by atoms with Crippen LogP contribution in [0, 0.1) is 24.0 Å². The van der Waals surface area contributed by atoms with Crippen LogP contribution in [-0.4, -0.2) is 25.4 Å². The third-order valence-corrected chi connectivity index (χ3v) is 5.38. The molecule has 0 fully saturated rings. The van der Waals surface area contributed by atoms with Crippen LogP contribution in [0.3, 0.4) is 0 Å². The van der Waals surface area contributed by atoms with Crippen LogP contribution in [0.15, 0.2) is 60.1 Å². The van der Waals surface area contributed by atoms with Gasteiger partial charge < -0.3 is 5.32 Å². The largest absolute Gasteiger partial charge is 0.306 e. The molecule has 1 N–H and O–H groups in total. The standard InChI is InChI=1S/C21H17N5O3S/c1-13-7-9-15(10-8-13)17-12-30-21(23-17)25-14(2)22-11-19(25)24-20(27)16-5-3-4-6-18(16)26(28)29/h3-12H,1-2H3,(H,24,27). The van der Waals surface area contributed by atoms with E-state index in [0.29, 0.717) is 16.8 Å². The summed E-state index contributed by atoms with van der Waals surface area (Å²) in [6.07, 6.45) is 1.51. The lowest BCUT2D eigenvalue weighted by Gasteiger charge is -2.09. The zero-order chi connectivity index (χ0) is 21.3. The summed E-state index contributed by atoms with van der Waals surface area (Å²) in [4.78, 5) is 32.3. The number of nitrogens with zero attached hydrogens (tertiary/aromatic N) is 4. The number of anilines is 1. The van der Waals surface area contributed by atoms with Crippen LogP contribution in [0.1, 0.15) is 21.7 Å². The third-order valence-electron chi connectivity index (χ3n) is 4.56.